The molecule has 6 heteroatoms. The lowest BCUT2D eigenvalue weighted by molar-refractivity contribution is -0.383. The van der Waals surface area contributed by atoms with Crippen LogP contribution in [-0.2, 0) is 4.74 Å². The van der Waals surface area contributed by atoms with Crippen LogP contribution in [0.5, 0.6) is 0 Å². The van der Waals surface area contributed by atoms with Crippen LogP contribution in [0.25, 0.3) is 10.1 Å². The van der Waals surface area contributed by atoms with Crippen molar-refractivity contribution < 1.29 is 9.66 Å². The topological polar surface area (TPSA) is 55.6 Å². The maximum absolute atomic E-state index is 11.0. The second-order valence-electron chi connectivity index (χ2n) is 4.13. The van der Waals surface area contributed by atoms with E-state index in [9.17, 15) is 10.1 Å². The molecule has 1 aromatic heterocycles. The fourth-order valence-electron chi connectivity index (χ4n) is 2.13. The minimum absolute atomic E-state index is 0.184. The summed E-state index contributed by atoms with van der Waals surface area (Å²) in [7, 11) is 0. The lowest BCUT2D eigenvalue weighted by atomic mass is 10.2. The molecule has 1 aliphatic heterocycles. The van der Waals surface area contributed by atoms with Crippen molar-refractivity contribution in [1.29, 1.82) is 0 Å². The number of nitrogens with zero attached hydrogens (tertiary/aromatic N) is 2. The number of ether oxygens (including phenoxy) is 1. The minimum Gasteiger partial charge on any atom is -0.378 e. The Morgan fingerprint density at radius 2 is 2.11 bits per heavy atom. The molecule has 94 valence electrons. The molecule has 0 saturated carbocycles. The van der Waals surface area contributed by atoms with Crippen molar-refractivity contribution in [3.63, 3.8) is 0 Å². The molecular weight excluding hydrogens is 252 g/mol. The van der Waals surface area contributed by atoms with Gasteiger partial charge < -0.3 is 9.64 Å². The lowest BCUT2D eigenvalue weighted by Gasteiger charge is -2.27. The Morgan fingerprint density at radius 1 is 1.33 bits per heavy atom. The summed E-state index contributed by atoms with van der Waals surface area (Å²) in [5.74, 6) is 0. The standard InChI is InChI=1S/C12H12N2O3S/c15-14(16)10-2-1-3-11-9(10)8-12(18-11)13-4-6-17-7-5-13/h1-3,8H,4-7H2. The molecule has 2 heterocycles. The van der Waals surface area contributed by atoms with E-state index in [0.717, 1.165) is 41.4 Å². The summed E-state index contributed by atoms with van der Waals surface area (Å²) >= 11 is 1.60. The number of thiophene rings is 1. The third kappa shape index (κ3) is 1.93. The first kappa shape index (κ1) is 11.4. The second-order valence-corrected chi connectivity index (χ2v) is 5.19. The van der Waals surface area contributed by atoms with Gasteiger partial charge in [-0.1, -0.05) is 6.07 Å². The lowest BCUT2D eigenvalue weighted by Crippen LogP contribution is -2.35. The molecule has 2 aromatic rings. The number of hydrogen-bond acceptors (Lipinski definition) is 5. The van der Waals surface area contributed by atoms with Crippen LogP contribution in [0.15, 0.2) is 24.3 Å². The van der Waals surface area contributed by atoms with E-state index in [1.807, 2.05) is 12.1 Å². The molecule has 1 aliphatic rings. The van der Waals surface area contributed by atoms with Gasteiger partial charge in [-0.2, -0.15) is 0 Å². The fraction of sp³-hybridized carbons (Fsp3) is 0.333. The molecule has 5 nitrogen and oxygen atoms in total. The molecule has 3 rings (SSSR count). The van der Waals surface area contributed by atoms with E-state index in [4.69, 9.17) is 4.74 Å². The molecular formula is C12H12N2O3S. The molecule has 0 unspecified atom stereocenters. The highest BCUT2D eigenvalue weighted by atomic mass is 32.1. The molecule has 0 amide bonds. The summed E-state index contributed by atoms with van der Waals surface area (Å²) in [6, 6.07) is 7.14. The molecule has 0 radical (unpaired) electrons. The largest absolute Gasteiger partial charge is 0.378 e. The maximum Gasteiger partial charge on any atom is 0.278 e. The van der Waals surface area contributed by atoms with Crippen LogP contribution in [0.1, 0.15) is 0 Å². The Hall–Kier alpha value is -1.66. The van der Waals surface area contributed by atoms with Crippen LogP contribution >= 0.6 is 11.3 Å². The normalized spacial score (nSPS) is 16.1. The van der Waals surface area contributed by atoms with Crippen LogP contribution in [0.4, 0.5) is 10.7 Å². The molecule has 0 aliphatic carbocycles. The van der Waals surface area contributed by atoms with Crippen molar-refractivity contribution in [1.82, 2.24) is 0 Å². The van der Waals surface area contributed by atoms with Gasteiger partial charge in [0, 0.05) is 23.9 Å². The SMILES string of the molecule is O=[N+]([O-])c1cccc2sc(N3CCOCC3)cc12. The van der Waals surface area contributed by atoms with Crippen LogP contribution in [0.2, 0.25) is 0 Å². The van der Waals surface area contributed by atoms with Crippen molar-refractivity contribution in [2.24, 2.45) is 0 Å². The van der Waals surface area contributed by atoms with Gasteiger partial charge in [0.2, 0.25) is 0 Å². The number of benzene rings is 1. The maximum atomic E-state index is 11.0. The first-order valence-electron chi connectivity index (χ1n) is 5.75. The number of hydrogen-bond donors (Lipinski definition) is 0. The number of rotatable bonds is 2. The predicted molar refractivity (Wildman–Crippen MR) is 71.5 cm³/mol. The Bertz CT molecular complexity index is 590. The van der Waals surface area contributed by atoms with Gasteiger partial charge in [0.15, 0.2) is 0 Å². The first-order valence-corrected chi connectivity index (χ1v) is 6.57. The molecule has 1 aromatic carbocycles. The zero-order valence-corrected chi connectivity index (χ0v) is 10.5. The van der Waals surface area contributed by atoms with E-state index in [0.29, 0.717) is 0 Å². The van der Waals surface area contributed by atoms with E-state index < -0.39 is 0 Å². The fourth-order valence-corrected chi connectivity index (χ4v) is 3.26. The number of non-ortho nitro benzene ring substituents is 1. The molecule has 1 saturated heterocycles. The third-order valence-electron chi connectivity index (χ3n) is 3.04. The Morgan fingerprint density at radius 3 is 2.83 bits per heavy atom. The van der Waals surface area contributed by atoms with Gasteiger partial charge in [-0.15, -0.1) is 11.3 Å². The van der Waals surface area contributed by atoms with Crippen molar-refractivity contribution in [2.75, 3.05) is 31.2 Å². The van der Waals surface area contributed by atoms with Gasteiger partial charge in [0.05, 0.1) is 28.5 Å². The monoisotopic (exact) mass is 264 g/mol. The molecule has 0 atom stereocenters. The van der Waals surface area contributed by atoms with E-state index in [-0.39, 0.29) is 10.6 Å². The summed E-state index contributed by atoms with van der Waals surface area (Å²) in [5, 5.41) is 12.8. The van der Waals surface area contributed by atoms with Crippen LogP contribution in [0.3, 0.4) is 0 Å². The molecule has 0 bridgehead atoms. The van der Waals surface area contributed by atoms with Crippen LogP contribution in [0, 0.1) is 10.1 Å². The highest BCUT2D eigenvalue weighted by Gasteiger charge is 2.18. The first-order chi connectivity index (χ1) is 8.75. The summed E-state index contributed by atoms with van der Waals surface area (Å²) in [6.07, 6.45) is 0. The van der Waals surface area contributed by atoms with Crippen molar-refractivity contribution in [3.8, 4) is 0 Å². The number of nitro benzene ring substituents is 1. The number of fused-ring (bicyclic) bond motifs is 1. The summed E-state index contributed by atoms with van der Waals surface area (Å²) < 4.78 is 6.28. The summed E-state index contributed by atoms with van der Waals surface area (Å²) in [4.78, 5) is 12.9. The predicted octanol–water partition coefficient (Wildman–Crippen LogP) is 2.65. The van der Waals surface area contributed by atoms with Gasteiger partial charge in [-0.05, 0) is 12.1 Å². The average molecular weight is 264 g/mol. The zero-order chi connectivity index (χ0) is 12.5. The average Bonchev–Trinajstić information content (AvgIpc) is 2.83. The molecule has 1 fully saturated rings. The van der Waals surface area contributed by atoms with Gasteiger partial charge >= 0.3 is 0 Å². The zero-order valence-electron chi connectivity index (χ0n) is 9.67. The highest BCUT2D eigenvalue weighted by Crippen LogP contribution is 2.37. The Balaban J connectivity index is 2.04. The Labute approximate surface area is 108 Å². The number of nitro groups is 1. The molecule has 0 spiro atoms. The second kappa shape index (κ2) is 4.55. The quantitative estimate of drug-likeness (QED) is 0.618. The summed E-state index contributed by atoms with van der Waals surface area (Å²) in [6.45, 7) is 3.13. The van der Waals surface area contributed by atoms with Crippen molar-refractivity contribution in [3.05, 3.63) is 34.4 Å². The van der Waals surface area contributed by atoms with Crippen LogP contribution in [-0.4, -0.2) is 31.2 Å². The highest BCUT2D eigenvalue weighted by molar-refractivity contribution is 7.22. The summed E-state index contributed by atoms with van der Waals surface area (Å²) in [5.41, 5.74) is 0.184. The van der Waals surface area contributed by atoms with E-state index in [1.165, 1.54) is 0 Å². The number of morpholine rings is 1. The van der Waals surface area contributed by atoms with Crippen molar-refractivity contribution in [2.45, 2.75) is 0 Å². The molecule has 0 N–H and O–H groups in total. The smallest absolute Gasteiger partial charge is 0.278 e. The third-order valence-corrected chi connectivity index (χ3v) is 4.21. The van der Waals surface area contributed by atoms with Crippen LogP contribution < -0.4 is 4.90 Å². The van der Waals surface area contributed by atoms with Gasteiger partial charge in [0.1, 0.15) is 0 Å². The van der Waals surface area contributed by atoms with Gasteiger partial charge in [0.25, 0.3) is 5.69 Å². The van der Waals surface area contributed by atoms with E-state index in [1.54, 1.807) is 23.5 Å². The van der Waals surface area contributed by atoms with E-state index >= 15 is 0 Å². The van der Waals surface area contributed by atoms with E-state index in [2.05, 4.69) is 4.90 Å². The number of anilines is 1. The molecule has 18 heavy (non-hydrogen) atoms. The van der Waals surface area contributed by atoms with Crippen molar-refractivity contribution >= 4 is 32.1 Å². The Kier molecular flexibility index (Phi) is 2.89. The van der Waals surface area contributed by atoms with Gasteiger partial charge in [-0.25, -0.2) is 0 Å². The minimum atomic E-state index is -0.321. The van der Waals surface area contributed by atoms with Gasteiger partial charge in [-0.3, -0.25) is 10.1 Å².